The van der Waals surface area contributed by atoms with Crippen LogP contribution in [0.25, 0.3) is 0 Å². The first kappa shape index (κ1) is 130. The molecule has 2 aromatic rings. The zero-order chi connectivity index (χ0) is 101. The molecule has 0 aromatic heterocycles. The molecule has 740 valence electrons. The first-order chi connectivity index (χ1) is 62.4. The number of nitrogens with two attached hydrogens (primary N) is 1. The summed E-state index contributed by atoms with van der Waals surface area (Å²) in [5.41, 5.74) is 4.55. The Balaban J connectivity index is -0.000000771. The zero-order valence-electron chi connectivity index (χ0n) is 81.6. The van der Waals surface area contributed by atoms with Crippen LogP contribution in [-0.2, 0) is 99.3 Å². The van der Waals surface area contributed by atoms with Gasteiger partial charge in [-0.3, -0.25) is 47.9 Å². The number of ether oxygens (including phenoxy) is 6. The number of amides is 10. The maximum atomic E-state index is 13.0. The molecule has 10 atom stereocenters. The van der Waals surface area contributed by atoms with E-state index in [4.69, 9.17) is 92.4 Å². The van der Waals surface area contributed by atoms with E-state index in [-0.39, 0.29) is 230 Å². The number of halogens is 1. The maximum absolute atomic E-state index is 13.0. The zero-order valence-corrected chi connectivity index (χ0v) is 87.6. The van der Waals surface area contributed by atoms with Crippen molar-refractivity contribution in [2.45, 2.75) is 314 Å². The topological polar surface area (TPSA) is 638 Å². The Morgan fingerprint density at radius 1 is 0.459 bits per heavy atom. The molecule has 5 aliphatic rings. The molecule has 0 unspecified atom stereocenters. The molecule has 5 fully saturated rings. The van der Waals surface area contributed by atoms with Gasteiger partial charge in [-0.15, -0.1) is 0 Å². The van der Waals surface area contributed by atoms with E-state index >= 15 is 0 Å². The van der Waals surface area contributed by atoms with Crippen LogP contribution in [0.2, 0.25) is 0 Å². The van der Waals surface area contributed by atoms with Gasteiger partial charge >= 0.3 is 151 Å². The van der Waals surface area contributed by atoms with Crippen molar-refractivity contribution in [3.8, 4) is 30.3 Å². The van der Waals surface area contributed by atoms with E-state index < -0.39 is 125 Å². The Labute approximate surface area is 881 Å². The molecule has 2 aromatic carbocycles. The van der Waals surface area contributed by atoms with Crippen molar-refractivity contribution in [1.82, 2.24) is 55.9 Å². The second-order valence-corrected chi connectivity index (χ2v) is 34.6. The number of aliphatic hydroxyl groups excluding tert-OH is 1. The predicted octanol–water partition coefficient (Wildman–Crippen LogP) is 0.622. The van der Waals surface area contributed by atoms with Gasteiger partial charge in [0.2, 0.25) is 35.4 Å². The van der Waals surface area contributed by atoms with Gasteiger partial charge < -0.3 is 113 Å². The summed E-state index contributed by atoms with van der Waals surface area (Å²) in [5, 5.41) is 93.3. The summed E-state index contributed by atoms with van der Waals surface area (Å²) in [5.74, 6) is -5.07. The van der Waals surface area contributed by atoms with E-state index in [9.17, 15) is 72.4 Å². The largest absolute Gasteiger partial charge is 1.00 e. The number of likely N-dealkylation sites (tertiary alicyclic amines) is 4. The van der Waals surface area contributed by atoms with Gasteiger partial charge in [0.05, 0.1) is 36.4 Å². The second-order valence-electron chi connectivity index (χ2n) is 34.2. The summed E-state index contributed by atoms with van der Waals surface area (Å²) in [6, 6.07) is 22.2. The van der Waals surface area contributed by atoms with Crippen molar-refractivity contribution in [1.29, 1.82) is 26.3 Å². The SMILES string of the molecule is CC(C)(C)OC(=O)N[C@@H](CCC(=O)O)C(=O)N1CCC[C@H]1C#N.CC(C)(C)OC(=O)N[C@@H](CCC(=O)OCc1ccccc1)C(=O)N1CCC[C@H]1C#N.CC(C)(C)OC(=O)N[C@@H](CCC(=O)OCc1ccccc1)C(=O)O.CCO.CNC(=O)CC[C@H](N)C(=O)N1CCC[C@H]1C#N.CNC(=O)CC[C@H](NC(=O)OC(C)(C)C)C(=O)N1CCC[C@H]1C#N.N#C[C@H]1CCCN1Cl.O=CO[O-].[H-].[K+].[K+]. The normalized spacial score (nSPS) is 17.1. The number of aliphatic carboxylic acids is 2. The average Bonchev–Trinajstić information content (AvgIpc) is 1.27. The minimum atomic E-state index is -1.24. The number of carbonyl (C=O) groups is 15. The number of hydrogen-bond acceptors (Lipinski definition) is 31. The Hall–Kier alpha value is -9.46. The number of rotatable bonds is 29. The number of carboxylic acids is 2. The van der Waals surface area contributed by atoms with Gasteiger partial charge in [0.15, 0.2) is 0 Å². The third kappa shape index (κ3) is 58.7. The van der Waals surface area contributed by atoms with Gasteiger partial charge in [-0.05, 0) is 209 Å². The van der Waals surface area contributed by atoms with Gasteiger partial charge in [-0.25, -0.2) is 28.4 Å². The number of benzene rings is 2. The summed E-state index contributed by atoms with van der Waals surface area (Å²) in [4.78, 5) is 183. The molecule has 5 aliphatic heterocycles. The Morgan fingerprint density at radius 3 is 0.970 bits per heavy atom. The van der Waals surface area contributed by atoms with Crippen LogP contribution in [0.1, 0.15) is 231 Å². The van der Waals surface area contributed by atoms with Crippen molar-refractivity contribution in [3.63, 3.8) is 0 Å². The van der Waals surface area contributed by atoms with E-state index in [1.54, 1.807) is 101 Å². The minimum Gasteiger partial charge on any atom is -1.00 e. The van der Waals surface area contributed by atoms with Gasteiger partial charge in [0.25, 0.3) is 6.47 Å². The second kappa shape index (κ2) is 70.2. The summed E-state index contributed by atoms with van der Waals surface area (Å²) < 4.78 is 32.4. The molecule has 0 spiro atoms. The number of hydrogen-bond donors (Lipinski definition) is 10. The molecule has 0 bridgehead atoms. The number of carbonyl (C=O) groups excluding carboxylic acids is 13. The number of nitriles is 5. The summed E-state index contributed by atoms with van der Waals surface area (Å²) in [6.45, 7) is 25.2. The maximum Gasteiger partial charge on any atom is 1.00 e. The third-order valence-electron chi connectivity index (χ3n) is 18.7. The van der Waals surface area contributed by atoms with Gasteiger partial charge in [-0.2, -0.15) is 26.3 Å². The number of nitrogens with zero attached hydrogens (tertiary/aromatic N) is 10. The van der Waals surface area contributed by atoms with Crippen molar-refractivity contribution < 1.29 is 230 Å². The smallest absolute Gasteiger partial charge is 1.00 e. The van der Waals surface area contributed by atoms with Crippen LogP contribution >= 0.6 is 11.8 Å². The molecular formula is C89H134ClK2N17O26. The third-order valence-corrected chi connectivity index (χ3v) is 19.1. The van der Waals surface area contributed by atoms with Gasteiger partial charge in [0.1, 0.15) is 90.0 Å². The molecular weight excluding hydrogens is 1840 g/mol. The minimum absolute atomic E-state index is 0. The Morgan fingerprint density at radius 2 is 0.719 bits per heavy atom. The van der Waals surface area contributed by atoms with E-state index in [0.29, 0.717) is 64.7 Å². The van der Waals surface area contributed by atoms with Crippen LogP contribution in [-0.4, -0.2) is 266 Å². The van der Waals surface area contributed by atoms with Crippen LogP contribution in [0.4, 0.5) is 19.2 Å². The molecule has 5 heterocycles. The van der Waals surface area contributed by atoms with Crippen LogP contribution in [0.3, 0.4) is 0 Å². The van der Waals surface area contributed by atoms with Crippen LogP contribution < -0.4 is 146 Å². The molecule has 135 heavy (non-hydrogen) atoms. The molecule has 0 aliphatic carbocycles. The molecule has 46 heteroatoms. The fourth-order valence-corrected chi connectivity index (χ4v) is 12.8. The first-order valence-electron chi connectivity index (χ1n) is 43.4. The fraction of sp³-hybridized carbons (Fsp3) is 0.640. The summed E-state index contributed by atoms with van der Waals surface area (Å²) in [6.07, 6.45) is 4.70. The standard InChI is InChI=1S/C22H29N3O5.C17H23NO6.C16H26N4O4.C15H23N3O5.C11H18N4O2.C5H7ClN2.C2H6O.CH2O3.2K.H/c1-22(2,3)30-21(28)24-18(20(27)25-13-7-10-17(25)14-23)11-12-19(26)29-15-16-8-5-4-6-9-16;1-17(2,3)24-16(22)18-13(15(20)21)9-10-14(19)23-11-12-7-5-4-6-8-12;1-16(2,3)24-15(23)19-12(7-8-13(21)18-4)14(22)20-9-5-6-11(20)10-17;1-15(2,3)23-14(22)17-11(6-7-12(19)20)13(21)18-8-4-5-10(18)9-16;1-14-10(16)5-4-9(13)11(17)15-6-2-3-8(15)7-12;6-8-3-1-2-5(8)4-7;1-2-3;2-1-4-3;;;/h4-6,8-9,17-18H,7,10-13,15H2,1-3H3,(H,24,28);4-8,13H,9-11H2,1-3H3,(H,18,22)(H,20,21);11-12H,5-9H2,1-4H3,(H,18,21)(H,19,23);10-11H,4-8H2,1-3H3,(H,17,22)(H,19,20);8-9H,2-6,13H2,1H3,(H,14,16);5H,1-3H2;3H,2H2,1H3;1,3H;;;/q;;;;;;;;2*+1;-1/p-1/t17-,18-;13-;11-,12-;10-,11-;8-,9-;5-;;;;;/m000001...../s1. The first-order valence-corrected chi connectivity index (χ1v) is 43.7. The predicted molar refractivity (Wildman–Crippen MR) is 476 cm³/mol. The number of carboxylic acid groups (broad SMARTS) is 2. The Bertz CT molecular complexity index is 4250. The number of alkyl carbamates (subject to hydrolysis) is 4. The van der Waals surface area contributed by atoms with E-state index in [1.807, 2.05) is 60.7 Å². The molecule has 10 amide bonds. The molecule has 0 saturated carbocycles. The van der Waals surface area contributed by atoms with Crippen LogP contribution in [0.5, 0.6) is 0 Å². The Kier molecular flexibility index (Phi) is 67.4. The molecule has 11 N–H and O–H groups in total. The van der Waals surface area contributed by atoms with Crippen LogP contribution in [0.15, 0.2) is 60.7 Å². The van der Waals surface area contributed by atoms with Crippen molar-refractivity contribution in [3.05, 3.63) is 71.8 Å². The van der Waals surface area contributed by atoms with Crippen molar-refractivity contribution in [2.24, 2.45) is 5.73 Å². The van der Waals surface area contributed by atoms with E-state index in [1.165, 1.54) is 26.6 Å². The fourth-order valence-electron chi connectivity index (χ4n) is 12.5. The summed E-state index contributed by atoms with van der Waals surface area (Å²) in [7, 11) is 3.05. The quantitative estimate of drug-likeness (QED) is 0.0101. The van der Waals surface area contributed by atoms with Gasteiger partial charge in [-0.1, -0.05) is 60.7 Å². The molecule has 43 nitrogen and oxygen atoms in total. The van der Waals surface area contributed by atoms with Crippen LogP contribution in [0, 0.1) is 56.7 Å². The number of aliphatic hydroxyl groups is 1. The van der Waals surface area contributed by atoms with Crippen molar-refractivity contribution >= 4 is 102 Å². The summed E-state index contributed by atoms with van der Waals surface area (Å²) >= 11 is 5.59. The molecule has 7 rings (SSSR count). The molecule has 5 saturated heterocycles. The van der Waals surface area contributed by atoms with Crippen molar-refractivity contribution in [2.75, 3.05) is 53.4 Å². The average molecular weight is 1970 g/mol. The van der Waals surface area contributed by atoms with Gasteiger partial charge in [0, 0.05) is 85.5 Å². The molecule has 0 radical (unpaired) electrons. The number of nitrogens with one attached hydrogen (secondary N) is 6. The van der Waals surface area contributed by atoms with E-state index in [0.717, 1.165) is 49.8 Å². The monoisotopic (exact) mass is 1970 g/mol. The van der Waals surface area contributed by atoms with E-state index in [2.05, 4.69) is 67.1 Å². The number of esters is 2.